The first-order valence-electron chi connectivity index (χ1n) is 21.6. The molecule has 10 atom stereocenters. The van der Waals surface area contributed by atoms with E-state index < -0.39 is 139 Å². The lowest BCUT2D eigenvalue weighted by Crippen LogP contribution is -2.62. The normalized spacial score (nSPS) is 25.3. The SMILES string of the molecule is CC[C@H](C)[C@@H]1NC(=O)[C@H](Cc2ccc(O)cc2)NC(=O)[C@@H](N)CSSC[C@@H](C(=O)N2CCC[C@H]2C(=O)N[C@H](C(=O)NCC(N)=O)[C@@H](C)CC)NC(=O)[C@H](CC(N)=O)NC(=O)[C@H](CO)NC1=O. The summed E-state index contributed by atoms with van der Waals surface area (Å²) in [4.78, 5) is 135. The van der Waals surface area contributed by atoms with E-state index in [9.17, 15) is 58.2 Å². The average Bonchev–Trinajstić information content (AvgIpc) is 3.78. The highest BCUT2D eigenvalue weighted by Gasteiger charge is 2.41. The van der Waals surface area contributed by atoms with Crippen LogP contribution in [-0.4, -0.2) is 154 Å². The molecule has 2 heterocycles. The molecule has 25 heteroatoms. The number of rotatable bonds is 15. The molecule has 2 fully saturated rings. The number of aromatic hydroxyl groups is 1. The van der Waals surface area contributed by atoms with Crippen LogP contribution >= 0.6 is 21.6 Å². The standard InChI is InChI=1S/C41H63N11O12S2/c1-5-20(3)32(39(62)45-16-31(44)56)51-38(61)29-8-7-13-52(29)41(64)28-19-66-65-18-24(42)34(57)46-25(14-22-9-11-23(54)12-10-22)36(59)50-33(21(4)6-2)40(63)48-27(17-53)37(60)47-26(15-30(43)55)35(58)49-28/h9-12,20-21,24-29,32-33,53-54H,5-8,13-19,42H2,1-4H3,(H2,43,55)(H2,44,56)(H,45,62)(H,46,57)(H,47,60)(H,48,63)(H,49,58)(H,50,59)(H,51,61)/t20-,21-,24-,25-,26-,27-,28-,29-,32-,33-/m0/s1. The van der Waals surface area contributed by atoms with E-state index in [1.165, 1.54) is 29.2 Å². The van der Waals surface area contributed by atoms with E-state index in [0.29, 0.717) is 24.8 Å². The summed E-state index contributed by atoms with van der Waals surface area (Å²) in [5.74, 6) is -9.85. The summed E-state index contributed by atoms with van der Waals surface area (Å²) in [7, 11) is 2.06. The van der Waals surface area contributed by atoms with Crippen molar-refractivity contribution in [2.24, 2.45) is 29.0 Å². The van der Waals surface area contributed by atoms with Gasteiger partial charge in [-0.15, -0.1) is 0 Å². The van der Waals surface area contributed by atoms with Gasteiger partial charge >= 0.3 is 0 Å². The van der Waals surface area contributed by atoms with Crippen molar-refractivity contribution in [3.8, 4) is 5.75 Å². The van der Waals surface area contributed by atoms with Crippen molar-refractivity contribution in [2.75, 3.05) is 31.2 Å². The molecular formula is C41H63N11O12S2. The van der Waals surface area contributed by atoms with Crippen molar-refractivity contribution >= 4 is 80.7 Å². The number of carbonyl (C=O) groups excluding carboxylic acids is 10. The van der Waals surface area contributed by atoms with Crippen molar-refractivity contribution in [3.05, 3.63) is 29.8 Å². The molecule has 3 rings (SSSR count). The lowest BCUT2D eigenvalue weighted by atomic mass is 9.96. The second-order valence-corrected chi connectivity index (χ2v) is 18.8. The van der Waals surface area contributed by atoms with Gasteiger partial charge < -0.3 is 69.5 Å². The Hall–Kier alpha value is -5.66. The lowest BCUT2D eigenvalue weighted by Gasteiger charge is -2.31. The van der Waals surface area contributed by atoms with E-state index >= 15 is 0 Å². The van der Waals surface area contributed by atoms with Crippen LogP contribution in [0.2, 0.25) is 0 Å². The van der Waals surface area contributed by atoms with Crippen molar-refractivity contribution in [1.82, 2.24) is 42.1 Å². The molecule has 10 amide bonds. The Bertz CT molecular complexity index is 1930. The minimum Gasteiger partial charge on any atom is -0.508 e. The van der Waals surface area contributed by atoms with Crippen LogP contribution in [0.5, 0.6) is 5.75 Å². The minimum absolute atomic E-state index is 0.0398. The van der Waals surface area contributed by atoms with Crippen LogP contribution in [0.15, 0.2) is 24.3 Å². The highest BCUT2D eigenvalue weighted by atomic mass is 33.1. The molecule has 2 aliphatic heterocycles. The molecule has 366 valence electrons. The van der Waals surface area contributed by atoms with Gasteiger partial charge in [0.25, 0.3) is 0 Å². The van der Waals surface area contributed by atoms with Crippen LogP contribution < -0.4 is 54.4 Å². The van der Waals surface area contributed by atoms with Crippen LogP contribution in [0, 0.1) is 11.8 Å². The fourth-order valence-electron chi connectivity index (χ4n) is 6.95. The first kappa shape index (κ1) is 54.7. The molecule has 0 aromatic heterocycles. The molecule has 2 aliphatic rings. The van der Waals surface area contributed by atoms with E-state index in [-0.39, 0.29) is 36.6 Å². The van der Waals surface area contributed by atoms with Gasteiger partial charge in [0.2, 0.25) is 59.1 Å². The Labute approximate surface area is 390 Å². The third-order valence-electron chi connectivity index (χ3n) is 11.2. The quantitative estimate of drug-likeness (QED) is 0.0749. The van der Waals surface area contributed by atoms with Crippen LogP contribution in [0.1, 0.15) is 65.4 Å². The second kappa shape index (κ2) is 26.5. The maximum Gasteiger partial charge on any atom is 0.246 e. The molecule has 1 aromatic rings. The Kier molecular flexibility index (Phi) is 21.9. The molecule has 15 N–H and O–H groups in total. The number of aliphatic hydroxyl groups is 1. The Morgan fingerprint density at radius 1 is 0.803 bits per heavy atom. The molecule has 2 saturated heterocycles. The summed E-state index contributed by atoms with van der Waals surface area (Å²) in [6.07, 6.45) is 0.465. The van der Waals surface area contributed by atoms with Crippen molar-refractivity contribution in [1.29, 1.82) is 0 Å². The number of nitrogens with zero attached hydrogens (tertiary/aromatic N) is 1. The summed E-state index contributed by atoms with van der Waals surface area (Å²) >= 11 is 0. The summed E-state index contributed by atoms with van der Waals surface area (Å²) in [5.41, 5.74) is 17.5. The number of phenolic OH excluding ortho intramolecular Hbond substituents is 1. The number of phenols is 1. The molecule has 0 unspecified atom stereocenters. The topological polar surface area (TPSA) is 377 Å². The predicted octanol–water partition coefficient (Wildman–Crippen LogP) is -3.88. The zero-order valence-corrected chi connectivity index (χ0v) is 39.0. The number of hydrogen-bond acceptors (Lipinski definition) is 15. The highest BCUT2D eigenvalue weighted by molar-refractivity contribution is 8.76. The zero-order chi connectivity index (χ0) is 49.2. The van der Waals surface area contributed by atoms with Gasteiger partial charge in [-0.25, -0.2) is 0 Å². The molecular weight excluding hydrogens is 903 g/mol. The Balaban J connectivity index is 2.00. The first-order chi connectivity index (χ1) is 31.2. The van der Waals surface area contributed by atoms with Gasteiger partial charge in [0.1, 0.15) is 48.0 Å². The maximum atomic E-state index is 14.4. The monoisotopic (exact) mass is 965 g/mol. The largest absolute Gasteiger partial charge is 0.508 e. The predicted molar refractivity (Wildman–Crippen MR) is 243 cm³/mol. The molecule has 0 bridgehead atoms. The van der Waals surface area contributed by atoms with Gasteiger partial charge in [0.05, 0.1) is 25.6 Å². The maximum absolute atomic E-state index is 14.4. The van der Waals surface area contributed by atoms with E-state index in [4.69, 9.17) is 17.2 Å². The van der Waals surface area contributed by atoms with Crippen molar-refractivity contribution in [2.45, 2.75) is 115 Å². The van der Waals surface area contributed by atoms with Crippen LogP contribution in [0.3, 0.4) is 0 Å². The number of carbonyl (C=O) groups is 10. The molecule has 0 aliphatic carbocycles. The second-order valence-electron chi connectivity index (χ2n) is 16.3. The number of aliphatic hydroxyl groups excluding tert-OH is 1. The van der Waals surface area contributed by atoms with Gasteiger partial charge in [-0.05, 0) is 42.4 Å². The number of likely N-dealkylation sites (tertiary alicyclic amines) is 1. The number of benzene rings is 1. The van der Waals surface area contributed by atoms with Gasteiger partial charge in [0.15, 0.2) is 0 Å². The summed E-state index contributed by atoms with van der Waals surface area (Å²) in [5, 5.41) is 37.7. The molecule has 0 radical (unpaired) electrons. The first-order valence-corrected chi connectivity index (χ1v) is 24.1. The number of hydrogen-bond donors (Lipinski definition) is 12. The van der Waals surface area contributed by atoms with Gasteiger partial charge in [-0.2, -0.15) is 0 Å². The molecule has 0 spiro atoms. The third kappa shape index (κ3) is 16.3. The van der Waals surface area contributed by atoms with E-state index in [0.717, 1.165) is 21.6 Å². The summed E-state index contributed by atoms with van der Waals surface area (Å²) in [6, 6.07) is -5.10. The number of primary amides is 2. The van der Waals surface area contributed by atoms with Crippen molar-refractivity contribution < 1.29 is 58.2 Å². The van der Waals surface area contributed by atoms with Crippen LogP contribution in [-0.2, 0) is 54.4 Å². The zero-order valence-electron chi connectivity index (χ0n) is 37.3. The van der Waals surface area contributed by atoms with E-state index in [2.05, 4.69) is 37.2 Å². The Morgan fingerprint density at radius 2 is 1.41 bits per heavy atom. The fourth-order valence-corrected chi connectivity index (χ4v) is 9.23. The fraction of sp³-hybridized carbons (Fsp3) is 0.610. The molecule has 66 heavy (non-hydrogen) atoms. The number of nitrogens with two attached hydrogens (primary N) is 3. The summed E-state index contributed by atoms with van der Waals surface area (Å²) < 4.78 is 0. The Morgan fingerprint density at radius 3 is 2.02 bits per heavy atom. The summed E-state index contributed by atoms with van der Waals surface area (Å²) in [6.45, 7) is 5.49. The third-order valence-corrected chi connectivity index (χ3v) is 13.7. The molecule has 23 nitrogen and oxygen atoms in total. The highest BCUT2D eigenvalue weighted by Crippen LogP contribution is 2.26. The minimum atomic E-state index is -1.74. The van der Waals surface area contributed by atoms with Gasteiger partial charge in [0, 0.05) is 24.5 Å². The van der Waals surface area contributed by atoms with Crippen LogP contribution in [0.25, 0.3) is 0 Å². The van der Waals surface area contributed by atoms with E-state index in [1.54, 1.807) is 27.7 Å². The smallest absolute Gasteiger partial charge is 0.246 e. The average molecular weight is 966 g/mol. The van der Waals surface area contributed by atoms with Gasteiger partial charge in [-0.3, -0.25) is 47.9 Å². The number of amides is 10. The molecule has 1 aromatic carbocycles. The van der Waals surface area contributed by atoms with Gasteiger partial charge in [-0.1, -0.05) is 74.3 Å². The van der Waals surface area contributed by atoms with Crippen LogP contribution in [0.4, 0.5) is 0 Å². The lowest BCUT2D eigenvalue weighted by molar-refractivity contribution is -0.142. The van der Waals surface area contributed by atoms with E-state index in [1.807, 2.05) is 0 Å². The molecule has 0 saturated carbocycles. The van der Waals surface area contributed by atoms with Crippen molar-refractivity contribution in [3.63, 3.8) is 0 Å². The number of nitrogens with one attached hydrogen (secondary N) is 7.